The standard InChI is InChI=1S/C19H22FN5O3S/c1-13-9-14(2)25-12-16(23-19(25)22-13)11-21-15-3-4-17(20)18(10-15)29(26,27)24-5-7-28-8-6-24/h3-4,9-10,12,21H,5-8,11H2,1-2H3. The molecule has 1 saturated heterocycles. The van der Waals surface area contributed by atoms with Gasteiger partial charge in [-0.3, -0.25) is 4.40 Å². The van der Waals surface area contributed by atoms with Crippen molar-refractivity contribution < 1.29 is 17.5 Å². The Bertz CT molecular complexity index is 1160. The Morgan fingerprint density at radius 1 is 1.17 bits per heavy atom. The number of aromatic nitrogens is 3. The van der Waals surface area contributed by atoms with Crippen molar-refractivity contribution in [3.8, 4) is 0 Å². The monoisotopic (exact) mass is 419 g/mol. The van der Waals surface area contributed by atoms with Crippen molar-refractivity contribution in [3.63, 3.8) is 0 Å². The van der Waals surface area contributed by atoms with Gasteiger partial charge in [-0.2, -0.15) is 4.31 Å². The number of halogens is 1. The molecule has 10 heteroatoms. The minimum atomic E-state index is -3.92. The second-order valence-corrected chi connectivity index (χ2v) is 8.86. The summed E-state index contributed by atoms with van der Waals surface area (Å²) in [5, 5.41) is 3.12. The molecular formula is C19H22FN5O3S. The number of aryl methyl sites for hydroxylation is 2. The van der Waals surface area contributed by atoms with Gasteiger partial charge < -0.3 is 10.1 Å². The van der Waals surface area contributed by atoms with Gasteiger partial charge in [0.25, 0.3) is 0 Å². The predicted molar refractivity (Wildman–Crippen MR) is 106 cm³/mol. The van der Waals surface area contributed by atoms with Crippen molar-refractivity contribution in [1.29, 1.82) is 0 Å². The van der Waals surface area contributed by atoms with Gasteiger partial charge in [-0.25, -0.2) is 22.8 Å². The third kappa shape index (κ3) is 3.96. The van der Waals surface area contributed by atoms with Gasteiger partial charge in [-0.05, 0) is 38.1 Å². The minimum absolute atomic E-state index is 0.215. The zero-order valence-electron chi connectivity index (χ0n) is 16.2. The van der Waals surface area contributed by atoms with E-state index >= 15 is 0 Å². The Labute approximate surface area is 168 Å². The van der Waals surface area contributed by atoms with Crippen LogP contribution in [-0.4, -0.2) is 53.4 Å². The first kappa shape index (κ1) is 19.7. The van der Waals surface area contributed by atoms with Crippen LogP contribution in [-0.2, 0) is 21.3 Å². The molecule has 0 saturated carbocycles. The van der Waals surface area contributed by atoms with Gasteiger partial charge in [0, 0.05) is 36.4 Å². The number of sulfonamides is 1. The fraction of sp³-hybridized carbons (Fsp3) is 0.368. The number of imidazole rings is 1. The van der Waals surface area contributed by atoms with Gasteiger partial charge >= 0.3 is 0 Å². The summed E-state index contributed by atoms with van der Waals surface area (Å²) in [4.78, 5) is 8.55. The quantitative estimate of drug-likeness (QED) is 0.682. The highest BCUT2D eigenvalue weighted by Gasteiger charge is 2.29. The van der Waals surface area contributed by atoms with E-state index in [2.05, 4.69) is 15.3 Å². The molecule has 1 aliphatic heterocycles. The van der Waals surface area contributed by atoms with Crippen LogP contribution in [0.3, 0.4) is 0 Å². The summed E-state index contributed by atoms with van der Waals surface area (Å²) in [6.45, 7) is 5.28. The van der Waals surface area contributed by atoms with Gasteiger partial charge in [-0.1, -0.05) is 0 Å². The van der Waals surface area contributed by atoms with Crippen LogP contribution in [0.5, 0.6) is 0 Å². The molecule has 1 N–H and O–H groups in total. The van der Waals surface area contributed by atoms with E-state index in [1.807, 2.05) is 30.5 Å². The van der Waals surface area contributed by atoms with E-state index in [0.717, 1.165) is 23.1 Å². The van der Waals surface area contributed by atoms with Crippen LogP contribution in [0.1, 0.15) is 17.1 Å². The maximum atomic E-state index is 14.3. The molecule has 4 rings (SSSR count). The lowest BCUT2D eigenvalue weighted by molar-refractivity contribution is 0.0729. The molecule has 8 nitrogen and oxygen atoms in total. The molecule has 0 aliphatic carbocycles. The summed E-state index contributed by atoms with van der Waals surface area (Å²) in [5.41, 5.74) is 3.15. The Kier molecular flexibility index (Phi) is 5.24. The summed E-state index contributed by atoms with van der Waals surface area (Å²) < 4.78 is 48.2. The molecule has 154 valence electrons. The number of morpholine rings is 1. The molecule has 29 heavy (non-hydrogen) atoms. The number of ether oxygens (including phenoxy) is 1. The van der Waals surface area contributed by atoms with Crippen molar-refractivity contribution >= 4 is 21.5 Å². The Morgan fingerprint density at radius 2 is 1.93 bits per heavy atom. The highest BCUT2D eigenvalue weighted by molar-refractivity contribution is 7.89. The van der Waals surface area contributed by atoms with Crippen molar-refractivity contribution in [1.82, 2.24) is 18.7 Å². The molecule has 0 radical (unpaired) electrons. The van der Waals surface area contributed by atoms with Crippen LogP contribution in [0, 0.1) is 19.7 Å². The molecular weight excluding hydrogens is 397 g/mol. The number of hydrogen-bond acceptors (Lipinski definition) is 6. The average molecular weight is 419 g/mol. The Hall–Kier alpha value is -2.56. The molecule has 1 aromatic carbocycles. The second kappa shape index (κ2) is 7.69. The maximum Gasteiger partial charge on any atom is 0.246 e. The summed E-state index contributed by atoms with van der Waals surface area (Å²) in [5.74, 6) is -0.168. The van der Waals surface area contributed by atoms with Gasteiger partial charge in [0.05, 0.1) is 25.5 Å². The summed E-state index contributed by atoms with van der Waals surface area (Å²) in [7, 11) is -3.92. The first-order chi connectivity index (χ1) is 13.8. The van der Waals surface area contributed by atoms with E-state index in [1.54, 1.807) is 0 Å². The number of hydrogen-bond donors (Lipinski definition) is 1. The van der Waals surface area contributed by atoms with Crippen LogP contribution in [0.15, 0.2) is 35.4 Å². The smallest absolute Gasteiger partial charge is 0.246 e. The number of benzene rings is 1. The van der Waals surface area contributed by atoms with Gasteiger partial charge in [0.1, 0.15) is 10.7 Å². The van der Waals surface area contributed by atoms with E-state index in [-0.39, 0.29) is 18.0 Å². The van der Waals surface area contributed by atoms with Crippen molar-refractivity contribution in [3.05, 3.63) is 53.4 Å². The lowest BCUT2D eigenvalue weighted by atomic mass is 10.3. The van der Waals surface area contributed by atoms with Crippen LogP contribution in [0.4, 0.5) is 10.1 Å². The van der Waals surface area contributed by atoms with E-state index in [1.165, 1.54) is 16.4 Å². The fourth-order valence-corrected chi connectivity index (χ4v) is 4.83. The van der Waals surface area contributed by atoms with Gasteiger partial charge in [0.2, 0.25) is 15.8 Å². The van der Waals surface area contributed by atoms with E-state index < -0.39 is 15.8 Å². The van der Waals surface area contributed by atoms with E-state index in [0.29, 0.717) is 31.2 Å². The maximum absolute atomic E-state index is 14.3. The molecule has 0 atom stereocenters. The number of nitrogens with zero attached hydrogens (tertiary/aromatic N) is 4. The average Bonchev–Trinajstić information content (AvgIpc) is 3.11. The van der Waals surface area contributed by atoms with Crippen LogP contribution in [0.25, 0.3) is 5.78 Å². The molecule has 3 aromatic rings. The summed E-state index contributed by atoms with van der Waals surface area (Å²) in [6, 6.07) is 5.96. The normalized spacial score (nSPS) is 15.7. The zero-order valence-corrected chi connectivity index (χ0v) is 17.0. The molecule has 0 bridgehead atoms. The lowest BCUT2D eigenvalue weighted by Crippen LogP contribution is -2.40. The lowest BCUT2D eigenvalue weighted by Gasteiger charge is -2.26. The second-order valence-electron chi connectivity index (χ2n) is 6.96. The highest BCUT2D eigenvalue weighted by atomic mass is 32.2. The van der Waals surface area contributed by atoms with Gasteiger partial charge in [0.15, 0.2) is 0 Å². The first-order valence-corrected chi connectivity index (χ1v) is 10.7. The molecule has 2 aromatic heterocycles. The highest BCUT2D eigenvalue weighted by Crippen LogP contribution is 2.24. The summed E-state index contributed by atoms with van der Waals surface area (Å²) >= 11 is 0. The van der Waals surface area contributed by atoms with E-state index in [9.17, 15) is 12.8 Å². The predicted octanol–water partition coefficient (Wildman–Crippen LogP) is 2.12. The Balaban J connectivity index is 1.56. The molecule has 3 heterocycles. The molecule has 1 aliphatic rings. The van der Waals surface area contributed by atoms with Crippen molar-refractivity contribution in [2.45, 2.75) is 25.3 Å². The van der Waals surface area contributed by atoms with Crippen LogP contribution < -0.4 is 5.32 Å². The first-order valence-electron chi connectivity index (χ1n) is 9.28. The molecule has 0 amide bonds. The largest absolute Gasteiger partial charge is 0.379 e. The number of anilines is 1. The van der Waals surface area contributed by atoms with Crippen molar-refractivity contribution in [2.24, 2.45) is 0 Å². The Morgan fingerprint density at radius 3 is 2.69 bits per heavy atom. The van der Waals surface area contributed by atoms with E-state index in [4.69, 9.17) is 4.74 Å². The number of nitrogens with one attached hydrogen (secondary N) is 1. The minimum Gasteiger partial charge on any atom is -0.379 e. The molecule has 0 unspecified atom stereocenters. The molecule has 0 spiro atoms. The number of fused-ring (bicyclic) bond motifs is 1. The van der Waals surface area contributed by atoms with Gasteiger partial charge in [-0.15, -0.1) is 0 Å². The van der Waals surface area contributed by atoms with Crippen LogP contribution in [0.2, 0.25) is 0 Å². The summed E-state index contributed by atoms with van der Waals surface area (Å²) in [6.07, 6.45) is 1.87. The fourth-order valence-electron chi connectivity index (χ4n) is 3.33. The molecule has 1 fully saturated rings. The number of rotatable bonds is 5. The third-order valence-electron chi connectivity index (χ3n) is 4.80. The topological polar surface area (TPSA) is 88.8 Å². The van der Waals surface area contributed by atoms with Crippen LogP contribution >= 0.6 is 0 Å². The van der Waals surface area contributed by atoms with Crippen molar-refractivity contribution in [2.75, 3.05) is 31.6 Å². The SMILES string of the molecule is Cc1cc(C)n2cc(CNc3ccc(F)c(S(=O)(=O)N4CCOCC4)c3)nc2n1. The zero-order chi connectivity index (χ0) is 20.6. The third-order valence-corrected chi connectivity index (χ3v) is 6.72.